The maximum Gasteiger partial charge on any atom is 0.320 e. The number of carbonyl (C=O) groups is 1. The molecule has 0 saturated heterocycles. The fraction of sp³-hybridized carbons (Fsp3) is 0.588. The fourth-order valence-corrected chi connectivity index (χ4v) is 2.46. The number of benzene rings is 1. The summed E-state index contributed by atoms with van der Waals surface area (Å²) in [5.41, 5.74) is 1.26. The van der Waals surface area contributed by atoms with Gasteiger partial charge in [0.15, 0.2) is 0 Å². The predicted octanol–water partition coefficient (Wildman–Crippen LogP) is 3.63. The van der Waals surface area contributed by atoms with Crippen molar-refractivity contribution in [2.24, 2.45) is 0 Å². The SMILES string of the molecule is CCCCC(NC(CCC)Cc1ccccc1)C(=O)O. The van der Waals surface area contributed by atoms with Gasteiger partial charge in [0.2, 0.25) is 0 Å². The molecule has 0 amide bonds. The summed E-state index contributed by atoms with van der Waals surface area (Å²) in [4.78, 5) is 11.3. The van der Waals surface area contributed by atoms with Crippen LogP contribution < -0.4 is 5.32 Å². The van der Waals surface area contributed by atoms with Crippen LogP contribution in [0.5, 0.6) is 0 Å². The number of carboxylic acid groups (broad SMARTS) is 1. The molecule has 0 heterocycles. The zero-order valence-electron chi connectivity index (χ0n) is 12.6. The van der Waals surface area contributed by atoms with Crippen LogP contribution in [-0.2, 0) is 11.2 Å². The highest BCUT2D eigenvalue weighted by molar-refractivity contribution is 5.73. The van der Waals surface area contributed by atoms with Gasteiger partial charge in [0.05, 0.1) is 0 Å². The van der Waals surface area contributed by atoms with Crippen molar-refractivity contribution >= 4 is 5.97 Å². The molecule has 0 radical (unpaired) electrons. The van der Waals surface area contributed by atoms with Gasteiger partial charge in [0, 0.05) is 6.04 Å². The summed E-state index contributed by atoms with van der Waals surface area (Å²) >= 11 is 0. The summed E-state index contributed by atoms with van der Waals surface area (Å²) in [6.45, 7) is 4.23. The van der Waals surface area contributed by atoms with Crippen LogP contribution in [0.1, 0.15) is 51.5 Å². The van der Waals surface area contributed by atoms with Crippen molar-refractivity contribution < 1.29 is 9.90 Å². The van der Waals surface area contributed by atoms with Crippen molar-refractivity contribution in [3.05, 3.63) is 35.9 Å². The van der Waals surface area contributed by atoms with Crippen LogP contribution in [0.15, 0.2) is 30.3 Å². The van der Waals surface area contributed by atoms with E-state index in [0.29, 0.717) is 6.42 Å². The van der Waals surface area contributed by atoms with Gasteiger partial charge in [-0.3, -0.25) is 4.79 Å². The standard InChI is InChI=1S/C17H27NO2/c1-3-5-12-16(17(19)20)18-15(9-4-2)13-14-10-7-6-8-11-14/h6-8,10-11,15-16,18H,3-5,9,12-13H2,1-2H3,(H,19,20). The van der Waals surface area contributed by atoms with E-state index in [1.165, 1.54) is 5.56 Å². The summed E-state index contributed by atoms with van der Waals surface area (Å²) in [7, 11) is 0. The van der Waals surface area contributed by atoms with Crippen LogP contribution in [0.3, 0.4) is 0 Å². The highest BCUT2D eigenvalue weighted by Crippen LogP contribution is 2.10. The molecule has 0 saturated carbocycles. The predicted molar refractivity (Wildman–Crippen MR) is 82.9 cm³/mol. The van der Waals surface area contributed by atoms with E-state index in [4.69, 9.17) is 0 Å². The summed E-state index contributed by atoms with van der Waals surface area (Å²) in [5, 5.41) is 12.7. The number of aliphatic carboxylic acids is 1. The van der Waals surface area contributed by atoms with E-state index in [0.717, 1.165) is 32.1 Å². The van der Waals surface area contributed by atoms with Gasteiger partial charge in [-0.05, 0) is 24.8 Å². The molecule has 3 nitrogen and oxygen atoms in total. The Hall–Kier alpha value is -1.35. The molecule has 1 aromatic rings. The number of rotatable bonds is 10. The van der Waals surface area contributed by atoms with Crippen LogP contribution in [0.25, 0.3) is 0 Å². The third-order valence-corrected chi connectivity index (χ3v) is 3.54. The smallest absolute Gasteiger partial charge is 0.320 e. The van der Waals surface area contributed by atoms with Gasteiger partial charge >= 0.3 is 5.97 Å². The number of hydrogen-bond acceptors (Lipinski definition) is 2. The molecule has 0 spiro atoms. The van der Waals surface area contributed by atoms with E-state index in [2.05, 4.69) is 31.3 Å². The normalized spacial score (nSPS) is 13.9. The molecule has 0 bridgehead atoms. The molecule has 112 valence electrons. The Morgan fingerprint density at radius 3 is 2.40 bits per heavy atom. The zero-order chi connectivity index (χ0) is 14.8. The van der Waals surface area contributed by atoms with E-state index < -0.39 is 12.0 Å². The number of carboxylic acids is 1. The molecule has 1 rings (SSSR count). The van der Waals surface area contributed by atoms with Crippen molar-refractivity contribution in [2.45, 2.75) is 64.5 Å². The number of nitrogens with one attached hydrogen (secondary N) is 1. The van der Waals surface area contributed by atoms with Crippen LogP contribution >= 0.6 is 0 Å². The average molecular weight is 277 g/mol. The lowest BCUT2D eigenvalue weighted by Gasteiger charge is -2.23. The first-order valence-corrected chi connectivity index (χ1v) is 7.70. The second-order valence-electron chi connectivity index (χ2n) is 5.38. The molecule has 2 atom stereocenters. The molecule has 20 heavy (non-hydrogen) atoms. The highest BCUT2D eigenvalue weighted by Gasteiger charge is 2.20. The first-order valence-electron chi connectivity index (χ1n) is 7.70. The highest BCUT2D eigenvalue weighted by atomic mass is 16.4. The third-order valence-electron chi connectivity index (χ3n) is 3.54. The van der Waals surface area contributed by atoms with Gasteiger partial charge in [-0.1, -0.05) is 63.4 Å². The second kappa shape index (κ2) is 9.54. The maximum atomic E-state index is 11.3. The van der Waals surface area contributed by atoms with Crippen LogP contribution in [-0.4, -0.2) is 23.2 Å². The van der Waals surface area contributed by atoms with E-state index in [1.807, 2.05) is 18.2 Å². The van der Waals surface area contributed by atoms with Gasteiger partial charge in [0.25, 0.3) is 0 Å². The molecule has 2 N–H and O–H groups in total. The van der Waals surface area contributed by atoms with Crippen molar-refractivity contribution in [1.29, 1.82) is 0 Å². The lowest BCUT2D eigenvalue weighted by atomic mass is 10.00. The van der Waals surface area contributed by atoms with Crippen molar-refractivity contribution in [1.82, 2.24) is 5.32 Å². The molecule has 2 unspecified atom stereocenters. The van der Waals surface area contributed by atoms with E-state index >= 15 is 0 Å². The largest absolute Gasteiger partial charge is 0.480 e. The van der Waals surface area contributed by atoms with Crippen LogP contribution in [0, 0.1) is 0 Å². The summed E-state index contributed by atoms with van der Waals surface area (Å²) in [6.07, 6.45) is 5.65. The monoisotopic (exact) mass is 277 g/mol. The molecular weight excluding hydrogens is 250 g/mol. The first kappa shape index (κ1) is 16.7. The summed E-state index contributed by atoms with van der Waals surface area (Å²) in [5.74, 6) is -0.729. The maximum absolute atomic E-state index is 11.3. The van der Waals surface area contributed by atoms with Crippen molar-refractivity contribution in [3.8, 4) is 0 Å². The van der Waals surface area contributed by atoms with Crippen molar-refractivity contribution in [3.63, 3.8) is 0 Å². The third kappa shape index (κ3) is 6.20. The quantitative estimate of drug-likeness (QED) is 0.686. The molecular formula is C17H27NO2. The van der Waals surface area contributed by atoms with Crippen LogP contribution in [0.2, 0.25) is 0 Å². The van der Waals surface area contributed by atoms with Gasteiger partial charge in [-0.15, -0.1) is 0 Å². The van der Waals surface area contributed by atoms with Gasteiger partial charge in [-0.2, -0.15) is 0 Å². The lowest BCUT2D eigenvalue weighted by Crippen LogP contribution is -2.44. The van der Waals surface area contributed by atoms with Gasteiger partial charge < -0.3 is 10.4 Å². The first-order chi connectivity index (χ1) is 9.67. The second-order valence-corrected chi connectivity index (χ2v) is 5.38. The molecule has 0 aromatic heterocycles. The van der Waals surface area contributed by atoms with Crippen LogP contribution in [0.4, 0.5) is 0 Å². The van der Waals surface area contributed by atoms with E-state index in [1.54, 1.807) is 0 Å². The minimum absolute atomic E-state index is 0.236. The van der Waals surface area contributed by atoms with Gasteiger partial charge in [-0.25, -0.2) is 0 Å². The van der Waals surface area contributed by atoms with E-state index in [9.17, 15) is 9.90 Å². The van der Waals surface area contributed by atoms with Gasteiger partial charge in [0.1, 0.15) is 6.04 Å². The summed E-state index contributed by atoms with van der Waals surface area (Å²) < 4.78 is 0. The Balaban J connectivity index is 2.61. The van der Waals surface area contributed by atoms with E-state index in [-0.39, 0.29) is 6.04 Å². The lowest BCUT2D eigenvalue weighted by molar-refractivity contribution is -0.140. The average Bonchev–Trinajstić information content (AvgIpc) is 2.44. The molecule has 3 heteroatoms. The topological polar surface area (TPSA) is 49.3 Å². The zero-order valence-corrected chi connectivity index (χ0v) is 12.6. The van der Waals surface area contributed by atoms with Crippen molar-refractivity contribution in [2.75, 3.05) is 0 Å². The minimum atomic E-state index is -0.729. The minimum Gasteiger partial charge on any atom is -0.480 e. The Morgan fingerprint density at radius 2 is 1.85 bits per heavy atom. The molecule has 0 aliphatic heterocycles. The number of hydrogen-bond donors (Lipinski definition) is 2. The molecule has 0 fully saturated rings. The molecule has 0 aliphatic carbocycles. The Kier molecular flexibility index (Phi) is 7.97. The fourth-order valence-electron chi connectivity index (χ4n) is 2.46. The Morgan fingerprint density at radius 1 is 1.15 bits per heavy atom. The Labute approximate surface area is 122 Å². The Bertz CT molecular complexity index is 378. The summed E-state index contributed by atoms with van der Waals surface area (Å²) in [6, 6.07) is 10.1. The molecule has 1 aromatic carbocycles. The molecule has 0 aliphatic rings. The number of unbranched alkanes of at least 4 members (excludes halogenated alkanes) is 1.